The molecule has 4 aliphatic carbocycles. The van der Waals surface area contributed by atoms with Crippen molar-refractivity contribution in [2.75, 3.05) is 19.8 Å². The van der Waals surface area contributed by atoms with Crippen LogP contribution in [0.15, 0.2) is 5.16 Å². The van der Waals surface area contributed by atoms with Gasteiger partial charge in [-0.15, -0.1) is 0 Å². The minimum Gasteiger partial charge on any atom is -0.396 e. The molecule has 4 aliphatic rings. The molecule has 5 unspecified atom stereocenters. The summed E-state index contributed by atoms with van der Waals surface area (Å²) in [6.07, 6.45) is 5.18. The number of rotatable bonds is 4. The van der Waals surface area contributed by atoms with Crippen LogP contribution in [0.2, 0.25) is 0 Å². The molecule has 0 heterocycles. The van der Waals surface area contributed by atoms with Crippen LogP contribution >= 0.6 is 0 Å². The van der Waals surface area contributed by atoms with E-state index in [2.05, 4.69) is 19.0 Å². The molecule has 6 nitrogen and oxygen atoms in total. The molecule has 0 aliphatic heterocycles. The number of aliphatic hydroxyl groups excluding tert-OH is 1. The van der Waals surface area contributed by atoms with E-state index in [0.717, 1.165) is 37.8 Å². The van der Waals surface area contributed by atoms with Gasteiger partial charge in [0, 0.05) is 29.7 Å². The Labute approximate surface area is 173 Å². The van der Waals surface area contributed by atoms with Gasteiger partial charge < -0.3 is 15.7 Å². The number of aliphatic hydroxyl groups is 1. The van der Waals surface area contributed by atoms with Crippen molar-refractivity contribution < 1.29 is 19.5 Å². The van der Waals surface area contributed by atoms with Crippen molar-refractivity contribution in [2.24, 2.45) is 57.2 Å². The van der Waals surface area contributed by atoms with Crippen LogP contribution in [-0.2, 0) is 14.4 Å². The third-order valence-electron chi connectivity index (χ3n) is 9.16. The second kappa shape index (κ2) is 7.45. The molecule has 0 saturated heterocycles. The summed E-state index contributed by atoms with van der Waals surface area (Å²) in [4.78, 5) is 31.9. The third-order valence-corrected chi connectivity index (χ3v) is 9.16. The Hall–Kier alpha value is -1.27. The molecule has 4 fully saturated rings. The van der Waals surface area contributed by atoms with E-state index in [1.54, 1.807) is 0 Å². The van der Waals surface area contributed by atoms with E-state index in [1.165, 1.54) is 0 Å². The Bertz CT molecular complexity index is 722. The lowest BCUT2D eigenvalue weighted by Crippen LogP contribution is -2.61. The van der Waals surface area contributed by atoms with Crippen molar-refractivity contribution in [3.63, 3.8) is 0 Å². The number of carbonyl (C=O) groups is 2. The highest BCUT2D eigenvalue weighted by Crippen LogP contribution is 2.65. The zero-order valence-corrected chi connectivity index (χ0v) is 18.0. The van der Waals surface area contributed by atoms with Crippen molar-refractivity contribution in [1.29, 1.82) is 0 Å². The molecule has 3 N–H and O–H groups in total. The number of nitrogens with zero attached hydrogens (tertiary/aromatic N) is 1. The molecule has 0 amide bonds. The number of hydrogen-bond acceptors (Lipinski definition) is 6. The summed E-state index contributed by atoms with van der Waals surface area (Å²) in [7, 11) is 0. The highest BCUT2D eigenvalue weighted by molar-refractivity contribution is 5.93. The fourth-order valence-electron chi connectivity index (χ4n) is 7.58. The second-order valence-electron chi connectivity index (χ2n) is 10.5. The SMILES string of the molecule is CC1CC2C3C(=O)[C@H](CO)C4CC(=NOCCN)CC[C@]4(C)C3CC[C@]2(C)C1=O. The normalized spacial score (nSPS) is 48.2. The first-order chi connectivity index (χ1) is 13.8. The maximum atomic E-state index is 13.7. The van der Waals surface area contributed by atoms with Gasteiger partial charge in [0.05, 0.1) is 12.3 Å². The topological polar surface area (TPSA) is 102 Å². The van der Waals surface area contributed by atoms with Crippen molar-refractivity contribution >= 4 is 17.3 Å². The zero-order valence-electron chi connectivity index (χ0n) is 18.0. The van der Waals surface area contributed by atoms with Gasteiger partial charge in [-0.3, -0.25) is 9.59 Å². The van der Waals surface area contributed by atoms with Crippen LogP contribution in [0.3, 0.4) is 0 Å². The molecule has 6 heteroatoms. The van der Waals surface area contributed by atoms with Crippen molar-refractivity contribution in [2.45, 2.75) is 59.3 Å². The lowest BCUT2D eigenvalue weighted by molar-refractivity contribution is -0.166. The molecule has 0 aromatic rings. The first-order valence-corrected chi connectivity index (χ1v) is 11.3. The Balaban J connectivity index is 1.66. The average Bonchev–Trinajstić information content (AvgIpc) is 2.93. The summed E-state index contributed by atoms with van der Waals surface area (Å²) in [5.41, 5.74) is 6.10. The van der Waals surface area contributed by atoms with E-state index < -0.39 is 0 Å². The van der Waals surface area contributed by atoms with Crippen molar-refractivity contribution in [3.8, 4) is 0 Å². The first kappa shape index (κ1) is 21.0. The summed E-state index contributed by atoms with van der Waals surface area (Å²) in [5, 5.41) is 14.5. The summed E-state index contributed by atoms with van der Waals surface area (Å²) in [6.45, 7) is 7.14. The largest absolute Gasteiger partial charge is 0.396 e. The maximum absolute atomic E-state index is 13.7. The highest BCUT2D eigenvalue weighted by atomic mass is 16.6. The molecular weight excluding hydrogens is 368 g/mol. The molecule has 0 aromatic carbocycles. The summed E-state index contributed by atoms with van der Waals surface area (Å²) < 4.78 is 0. The smallest absolute Gasteiger partial charge is 0.142 e. The van der Waals surface area contributed by atoms with Gasteiger partial charge in [0.25, 0.3) is 0 Å². The van der Waals surface area contributed by atoms with Crippen LogP contribution in [0.1, 0.15) is 59.3 Å². The van der Waals surface area contributed by atoms with Gasteiger partial charge in [-0.25, -0.2) is 0 Å². The van der Waals surface area contributed by atoms with Gasteiger partial charge in [-0.2, -0.15) is 0 Å². The first-order valence-electron chi connectivity index (χ1n) is 11.3. The maximum Gasteiger partial charge on any atom is 0.142 e. The lowest BCUT2D eigenvalue weighted by Gasteiger charge is -2.60. The number of ketones is 2. The van der Waals surface area contributed by atoms with Crippen LogP contribution in [0.25, 0.3) is 0 Å². The molecule has 8 atom stereocenters. The van der Waals surface area contributed by atoms with Crippen molar-refractivity contribution in [3.05, 3.63) is 0 Å². The van der Waals surface area contributed by atoms with Crippen molar-refractivity contribution in [1.82, 2.24) is 0 Å². The molecular formula is C23H36N2O4. The Morgan fingerprint density at radius 2 is 1.97 bits per heavy atom. The average molecular weight is 405 g/mol. The van der Waals surface area contributed by atoms with Crippen LogP contribution in [0, 0.1) is 46.3 Å². The number of fused-ring (bicyclic) bond motifs is 5. The quantitative estimate of drug-likeness (QED) is 0.554. The molecule has 0 radical (unpaired) electrons. The molecule has 0 aromatic heterocycles. The minimum absolute atomic E-state index is 0.00489. The fraction of sp³-hybridized carbons (Fsp3) is 0.870. The van der Waals surface area contributed by atoms with E-state index in [0.29, 0.717) is 31.3 Å². The predicted molar refractivity (Wildman–Crippen MR) is 110 cm³/mol. The van der Waals surface area contributed by atoms with Gasteiger partial charge in [-0.1, -0.05) is 25.9 Å². The van der Waals surface area contributed by atoms with Crippen LogP contribution in [0.5, 0.6) is 0 Å². The molecule has 29 heavy (non-hydrogen) atoms. The van der Waals surface area contributed by atoms with Gasteiger partial charge >= 0.3 is 0 Å². The van der Waals surface area contributed by atoms with E-state index in [-0.39, 0.29) is 52.8 Å². The van der Waals surface area contributed by atoms with Crippen LogP contribution in [0.4, 0.5) is 0 Å². The zero-order chi connectivity index (χ0) is 21.0. The van der Waals surface area contributed by atoms with E-state index >= 15 is 0 Å². The predicted octanol–water partition coefficient (Wildman–Crippen LogP) is 2.57. The molecule has 162 valence electrons. The van der Waals surface area contributed by atoms with E-state index in [9.17, 15) is 14.7 Å². The molecule has 4 rings (SSSR count). The molecule has 4 saturated carbocycles. The third kappa shape index (κ3) is 3.01. The Morgan fingerprint density at radius 1 is 1.21 bits per heavy atom. The summed E-state index contributed by atoms with van der Waals surface area (Å²) >= 11 is 0. The van der Waals surface area contributed by atoms with E-state index in [1.807, 2.05) is 6.92 Å². The summed E-state index contributed by atoms with van der Waals surface area (Å²) in [5.74, 6) is 0.645. The van der Waals surface area contributed by atoms with Gasteiger partial charge in [-0.05, 0) is 61.7 Å². The van der Waals surface area contributed by atoms with E-state index in [4.69, 9.17) is 10.6 Å². The van der Waals surface area contributed by atoms with Gasteiger partial charge in [0.1, 0.15) is 18.2 Å². The summed E-state index contributed by atoms with van der Waals surface area (Å²) in [6, 6.07) is 0. The monoisotopic (exact) mass is 404 g/mol. The standard InChI is InChI=1S/C23H36N2O4/c1-13-10-18-19-16(5-7-23(18,3)21(13)28)22(2)6-4-14(25-29-9-8-24)11-17(22)15(12-26)20(19)27/h13,15-19,26H,4-12,24H2,1-3H3/t13?,15-,16?,17?,18?,19?,22-,23+/m1/s1. The number of hydrogen-bond donors (Lipinski definition) is 2. The second-order valence-corrected chi connectivity index (χ2v) is 10.5. The van der Waals surface area contributed by atoms with Gasteiger partial charge in [0.2, 0.25) is 0 Å². The number of oxime groups is 1. The Kier molecular flexibility index (Phi) is 5.39. The van der Waals surface area contributed by atoms with Gasteiger partial charge in [0.15, 0.2) is 0 Å². The number of nitrogens with two attached hydrogens (primary N) is 1. The van der Waals surface area contributed by atoms with Crippen LogP contribution < -0.4 is 5.73 Å². The molecule has 0 spiro atoms. The lowest BCUT2D eigenvalue weighted by atomic mass is 9.43. The highest BCUT2D eigenvalue weighted by Gasteiger charge is 2.65. The van der Waals surface area contributed by atoms with Crippen LogP contribution in [-0.4, -0.2) is 42.1 Å². The fourth-order valence-corrected chi connectivity index (χ4v) is 7.58. The minimum atomic E-state index is -0.366. The number of Topliss-reactive ketones (excluding diaryl/α,β-unsaturated/α-hetero) is 2. The Morgan fingerprint density at radius 3 is 2.66 bits per heavy atom. The number of carbonyl (C=O) groups excluding carboxylic acids is 2. The molecule has 0 bridgehead atoms.